The van der Waals surface area contributed by atoms with Crippen molar-refractivity contribution in [1.29, 1.82) is 0 Å². The number of aromatic nitrogens is 4. The Kier molecular flexibility index (Phi) is 3.16. The molecule has 0 fully saturated rings. The first-order chi connectivity index (χ1) is 11.3. The third-order valence-electron chi connectivity index (χ3n) is 3.67. The van der Waals surface area contributed by atoms with Gasteiger partial charge in [-0.15, -0.1) is 0 Å². The van der Waals surface area contributed by atoms with Crippen molar-refractivity contribution in [3.8, 4) is 22.4 Å². The number of nitrogens with one attached hydrogen (secondary N) is 1. The maximum atomic E-state index is 11.8. The first-order valence-electron chi connectivity index (χ1n) is 7.16. The quantitative estimate of drug-likeness (QED) is 0.617. The first kappa shape index (κ1) is 13.3. The fourth-order valence-corrected chi connectivity index (χ4v) is 2.60. The Bertz CT molecular complexity index is 1030. The Labute approximate surface area is 131 Å². The molecule has 0 saturated heterocycles. The molecule has 0 aliphatic heterocycles. The standard InChI is InChI=1S/C18H12N4O/c23-18-21-16-7-6-13(14-9-19-11-20-10-14)8-15(16)17(22-18)12-4-2-1-3-5-12/h1-11H,(H,21,22,23). The molecule has 0 amide bonds. The van der Waals surface area contributed by atoms with Crippen LogP contribution in [0.5, 0.6) is 0 Å². The first-order valence-corrected chi connectivity index (χ1v) is 7.16. The van der Waals surface area contributed by atoms with Gasteiger partial charge in [0.15, 0.2) is 0 Å². The monoisotopic (exact) mass is 300 g/mol. The summed E-state index contributed by atoms with van der Waals surface area (Å²) >= 11 is 0. The van der Waals surface area contributed by atoms with Crippen LogP contribution in [0.1, 0.15) is 0 Å². The van der Waals surface area contributed by atoms with Gasteiger partial charge < -0.3 is 4.98 Å². The SMILES string of the molecule is O=c1nc(-c2ccccc2)c2cc(-c3cncnc3)ccc2[nH]1. The van der Waals surface area contributed by atoms with Crippen molar-refractivity contribution in [3.63, 3.8) is 0 Å². The zero-order valence-electron chi connectivity index (χ0n) is 12.1. The number of hydrogen-bond donors (Lipinski definition) is 1. The maximum absolute atomic E-state index is 11.8. The lowest BCUT2D eigenvalue weighted by Gasteiger charge is -2.08. The number of hydrogen-bond acceptors (Lipinski definition) is 4. The van der Waals surface area contributed by atoms with Crippen LogP contribution in [0.15, 0.2) is 72.0 Å². The van der Waals surface area contributed by atoms with E-state index < -0.39 is 0 Å². The van der Waals surface area contributed by atoms with Crippen LogP contribution < -0.4 is 5.69 Å². The summed E-state index contributed by atoms with van der Waals surface area (Å²) in [7, 11) is 0. The second kappa shape index (κ2) is 5.46. The lowest BCUT2D eigenvalue weighted by atomic mass is 10.0. The molecule has 0 aliphatic rings. The van der Waals surface area contributed by atoms with Gasteiger partial charge in [-0.05, 0) is 17.7 Å². The molecule has 5 nitrogen and oxygen atoms in total. The second-order valence-corrected chi connectivity index (χ2v) is 5.14. The smallest absolute Gasteiger partial charge is 0.305 e. The van der Waals surface area contributed by atoms with E-state index in [1.165, 1.54) is 6.33 Å². The molecular formula is C18H12N4O. The van der Waals surface area contributed by atoms with Crippen LogP contribution in [0.2, 0.25) is 0 Å². The Morgan fingerprint density at radius 1 is 0.826 bits per heavy atom. The molecular weight excluding hydrogens is 288 g/mol. The number of nitrogens with zero attached hydrogens (tertiary/aromatic N) is 3. The van der Waals surface area contributed by atoms with E-state index in [2.05, 4.69) is 19.9 Å². The van der Waals surface area contributed by atoms with Crippen molar-refractivity contribution in [2.75, 3.05) is 0 Å². The summed E-state index contributed by atoms with van der Waals surface area (Å²) in [4.78, 5) is 26.9. The van der Waals surface area contributed by atoms with E-state index in [1.54, 1.807) is 12.4 Å². The predicted molar refractivity (Wildman–Crippen MR) is 88.8 cm³/mol. The molecule has 23 heavy (non-hydrogen) atoms. The summed E-state index contributed by atoms with van der Waals surface area (Å²) in [6.45, 7) is 0. The van der Waals surface area contributed by atoms with Gasteiger partial charge in [0.2, 0.25) is 0 Å². The fraction of sp³-hybridized carbons (Fsp3) is 0. The van der Waals surface area contributed by atoms with Crippen molar-refractivity contribution >= 4 is 10.9 Å². The molecule has 0 atom stereocenters. The van der Waals surface area contributed by atoms with Gasteiger partial charge in [-0.25, -0.2) is 14.8 Å². The Morgan fingerprint density at radius 2 is 1.61 bits per heavy atom. The average Bonchev–Trinajstić information content (AvgIpc) is 2.62. The summed E-state index contributed by atoms with van der Waals surface area (Å²) in [5.41, 5.74) is 3.87. The third-order valence-corrected chi connectivity index (χ3v) is 3.67. The van der Waals surface area contributed by atoms with E-state index in [4.69, 9.17) is 0 Å². The van der Waals surface area contributed by atoms with Gasteiger partial charge in [0.25, 0.3) is 0 Å². The van der Waals surface area contributed by atoms with Crippen LogP contribution in [0.3, 0.4) is 0 Å². The van der Waals surface area contributed by atoms with Gasteiger partial charge in [0, 0.05) is 28.9 Å². The largest absolute Gasteiger partial charge is 0.345 e. The molecule has 0 spiro atoms. The molecule has 4 aromatic rings. The maximum Gasteiger partial charge on any atom is 0.345 e. The molecule has 2 aromatic heterocycles. The molecule has 0 aliphatic carbocycles. The van der Waals surface area contributed by atoms with Crippen molar-refractivity contribution in [3.05, 3.63) is 77.7 Å². The zero-order chi connectivity index (χ0) is 15.6. The van der Waals surface area contributed by atoms with Crippen molar-refractivity contribution in [1.82, 2.24) is 19.9 Å². The third kappa shape index (κ3) is 2.48. The van der Waals surface area contributed by atoms with Gasteiger partial charge >= 0.3 is 5.69 Å². The minimum absolute atomic E-state index is 0.354. The van der Waals surface area contributed by atoms with E-state index in [-0.39, 0.29) is 5.69 Å². The molecule has 0 unspecified atom stereocenters. The molecule has 2 heterocycles. The summed E-state index contributed by atoms with van der Waals surface area (Å²) in [6.07, 6.45) is 5.02. The van der Waals surface area contributed by atoms with Crippen molar-refractivity contribution in [2.24, 2.45) is 0 Å². The Morgan fingerprint density at radius 3 is 2.39 bits per heavy atom. The van der Waals surface area contributed by atoms with Gasteiger partial charge in [-0.2, -0.15) is 4.98 Å². The second-order valence-electron chi connectivity index (χ2n) is 5.14. The van der Waals surface area contributed by atoms with Crippen LogP contribution >= 0.6 is 0 Å². The van der Waals surface area contributed by atoms with E-state index in [0.29, 0.717) is 5.69 Å². The van der Waals surface area contributed by atoms with Crippen LogP contribution in [0.25, 0.3) is 33.3 Å². The Hall–Kier alpha value is -3.34. The molecule has 4 rings (SSSR count). The van der Waals surface area contributed by atoms with Crippen LogP contribution in [-0.4, -0.2) is 19.9 Å². The highest BCUT2D eigenvalue weighted by Gasteiger charge is 2.09. The molecule has 5 heteroatoms. The molecule has 0 saturated carbocycles. The van der Waals surface area contributed by atoms with Gasteiger partial charge in [-0.3, -0.25) is 0 Å². The van der Waals surface area contributed by atoms with Crippen molar-refractivity contribution < 1.29 is 0 Å². The number of H-pyrrole nitrogens is 1. The molecule has 110 valence electrons. The lowest BCUT2D eigenvalue weighted by Crippen LogP contribution is -2.11. The molecule has 0 radical (unpaired) electrons. The number of benzene rings is 2. The molecule has 2 aromatic carbocycles. The summed E-state index contributed by atoms with van der Waals surface area (Å²) < 4.78 is 0. The zero-order valence-corrected chi connectivity index (χ0v) is 12.1. The summed E-state index contributed by atoms with van der Waals surface area (Å²) in [5, 5.41) is 0.886. The van der Waals surface area contributed by atoms with Crippen molar-refractivity contribution in [2.45, 2.75) is 0 Å². The van der Waals surface area contributed by atoms with E-state index in [1.807, 2.05) is 48.5 Å². The Balaban J connectivity index is 2.00. The van der Waals surface area contributed by atoms with Gasteiger partial charge in [0.05, 0.1) is 11.2 Å². The molecule has 0 bridgehead atoms. The highest BCUT2D eigenvalue weighted by Crippen LogP contribution is 2.28. The van der Waals surface area contributed by atoms with Crippen LogP contribution in [-0.2, 0) is 0 Å². The topological polar surface area (TPSA) is 71.5 Å². The van der Waals surface area contributed by atoms with Crippen LogP contribution in [0, 0.1) is 0 Å². The minimum Gasteiger partial charge on any atom is -0.305 e. The number of fused-ring (bicyclic) bond motifs is 1. The van der Waals surface area contributed by atoms with Gasteiger partial charge in [-0.1, -0.05) is 36.4 Å². The fourth-order valence-electron chi connectivity index (χ4n) is 2.60. The highest BCUT2D eigenvalue weighted by atomic mass is 16.1. The van der Waals surface area contributed by atoms with E-state index in [0.717, 1.165) is 27.6 Å². The minimum atomic E-state index is -0.354. The number of rotatable bonds is 2. The summed E-state index contributed by atoms with van der Waals surface area (Å²) in [5.74, 6) is 0. The lowest BCUT2D eigenvalue weighted by molar-refractivity contribution is 1.12. The van der Waals surface area contributed by atoms with E-state index in [9.17, 15) is 4.79 Å². The normalized spacial score (nSPS) is 10.8. The predicted octanol–water partition coefficient (Wildman–Crippen LogP) is 3.05. The number of aromatic amines is 1. The van der Waals surface area contributed by atoms with Crippen LogP contribution in [0.4, 0.5) is 0 Å². The molecule has 1 N–H and O–H groups in total. The van der Waals surface area contributed by atoms with Gasteiger partial charge in [0.1, 0.15) is 6.33 Å². The summed E-state index contributed by atoms with van der Waals surface area (Å²) in [6, 6.07) is 15.5. The van der Waals surface area contributed by atoms with E-state index >= 15 is 0 Å². The average molecular weight is 300 g/mol. The highest BCUT2D eigenvalue weighted by molar-refractivity contribution is 5.94.